The highest BCUT2D eigenvalue weighted by molar-refractivity contribution is 5.85. The van der Waals surface area contributed by atoms with Gasteiger partial charge in [-0.05, 0) is 18.8 Å². The molecule has 0 bridgehead atoms. The number of rotatable bonds is 2. The van der Waals surface area contributed by atoms with Gasteiger partial charge in [0, 0.05) is 39.3 Å². The molecule has 0 aromatic heterocycles. The molecule has 0 atom stereocenters. The number of nitrogens with zero attached hydrogens (tertiary/aromatic N) is 2. The maximum Gasteiger partial charge on any atom is 0.236 e. The minimum atomic E-state index is 0. The zero-order valence-corrected chi connectivity index (χ0v) is 12.7. The molecule has 0 unspecified atom stereocenters. The van der Waals surface area contributed by atoms with Crippen LogP contribution in [0.2, 0.25) is 0 Å². The molecule has 2 saturated heterocycles. The van der Waals surface area contributed by atoms with Crippen LogP contribution in [-0.2, 0) is 4.79 Å². The quantitative estimate of drug-likeness (QED) is 0.826. The first kappa shape index (κ1) is 18.0. The van der Waals surface area contributed by atoms with Crippen LogP contribution in [0.1, 0.15) is 19.8 Å². The summed E-state index contributed by atoms with van der Waals surface area (Å²) in [5.41, 5.74) is 0. The summed E-state index contributed by atoms with van der Waals surface area (Å²) in [4.78, 5) is 16.3. The van der Waals surface area contributed by atoms with Gasteiger partial charge in [0.05, 0.1) is 6.54 Å². The third kappa shape index (κ3) is 5.31. The van der Waals surface area contributed by atoms with Gasteiger partial charge in [0.2, 0.25) is 5.91 Å². The minimum absolute atomic E-state index is 0. The summed E-state index contributed by atoms with van der Waals surface area (Å²) >= 11 is 0. The summed E-state index contributed by atoms with van der Waals surface area (Å²) in [5, 5.41) is 3.31. The molecule has 2 aliphatic heterocycles. The number of amides is 1. The Bertz CT molecular complexity index is 239. The molecule has 0 aromatic rings. The SMILES string of the molecule is CC1CCN(C(=O)CN2CCNCC2)CC1.Cl.Cl. The Morgan fingerprint density at radius 2 is 1.67 bits per heavy atom. The van der Waals surface area contributed by atoms with Crippen LogP contribution >= 0.6 is 24.8 Å². The van der Waals surface area contributed by atoms with E-state index in [1.807, 2.05) is 4.90 Å². The van der Waals surface area contributed by atoms with E-state index in [4.69, 9.17) is 0 Å². The van der Waals surface area contributed by atoms with Crippen LogP contribution in [0.25, 0.3) is 0 Å². The number of hydrogen-bond acceptors (Lipinski definition) is 3. The molecule has 2 fully saturated rings. The molecule has 0 spiro atoms. The molecule has 2 aliphatic rings. The maximum atomic E-state index is 12.0. The molecule has 0 radical (unpaired) electrons. The fourth-order valence-corrected chi connectivity index (χ4v) is 2.42. The highest BCUT2D eigenvalue weighted by atomic mass is 35.5. The molecule has 0 aliphatic carbocycles. The van der Waals surface area contributed by atoms with Crippen molar-refractivity contribution in [3.8, 4) is 0 Å². The standard InChI is InChI=1S/C12H23N3O.2ClH/c1-11-2-6-15(7-3-11)12(16)10-14-8-4-13-5-9-14;;/h11,13H,2-10H2,1H3;2*1H. The summed E-state index contributed by atoms with van der Waals surface area (Å²) in [7, 11) is 0. The fraction of sp³-hybridized carbons (Fsp3) is 0.917. The van der Waals surface area contributed by atoms with E-state index in [2.05, 4.69) is 17.1 Å². The van der Waals surface area contributed by atoms with Gasteiger partial charge >= 0.3 is 0 Å². The number of piperidine rings is 1. The molecular weight excluding hydrogens is 273 g/mol. The van der Waals surface area contributed by atoms with Gasteiger partial charge in [-0.15, -0.1) is 24.8 Å². The highest BCUT2D eigenvalue weighted by Gasteiger charge is 2.22. The summed E-state index contributed by atoms with van der Waals surface area (Å²) in [6, 6.07) is 0. The Kier molecular flexibility index (Phi) is 8.95. The molecule has 1 N–H and O–H groups in total. The van der Waals surface area contributed by atoms with Crippen molar-refractivity contribution in [3.63, 3.8) is 0 Å². The van der Waals surface area contributed by atoms with Gasteiger partial charge in [0.15, 0.2) is 0 Å². The summed E-state index contributed by atoms with van der Waals surface area (Å²) in [6.07, 6.45) is 2.35. The smallest absolute Gasteiger partial charge is 0.236 e. The van der Waals surface area contributed by atoms with Crippen molar-refractivity contribution >= 4 is 30.7 Å². The molecule has 1 amide bonds. The van der Waals surface area contributed by atoms with E-state index >= 15 is 0 Å². The maximum absolute atomic E-state index is 12.0. The lowest BCUT2D eigenvalue weighted by atomic mass is 9.99. The topological polar surface area (TPSA) is 35.6 Å². The van der Waals surface area contributed by atoms with Gasteiger partial charge in [-0.25, -0.2) is 0 Å². The second-order valence-electron chi connectivity index (χ2n) is 5.09. The zero-order chi connectivity index (χ0) is 11.4. The van der Waals surface area contributed by atoms with Gasteiger partial charge in [-0.2, -0.15) is 0 Å². The van der Waals surface area contributed by atoms with E-state index in [1.54, 1.807) is 0 Å². The van der Waals surface area contributed by atoms with Crippen LogP contribution in [0.5, 0.6) is 0 Å². The third-order valence-electron chi connectivity index (χ3n) is 3.70. The number of halogens is 2. The molecule has 0 saturated carbocycles. The average Bonchev–Trinajstić information content (AvgIpc) is 2.31. The monoisotopic (exact) mass is 297 g/mol. The number of piperazine rings is 1. The van der Waals surface area contributed by atoms with Crippen molar-refractivity contribution in [2.24, 2.45) is 5.92 Å². The lowest BCUT2D eigenvalue weighted by Crippen LogP contribution is -2.49. The van der Waals surface area contributed by atoms with Crippen LogP contribution < -0.4 is 5.32 Å². The summed E-state index contributed by atoms with van der Waals surface area (Å²) < 4.78 is 0. The first-order valence-corrected chi connectivity index (χ1v) is 6.46. The first-order valence-electron chi connectivity index (χ1n) is 6.46. The van der Waals surface area contributed by atoms with Crippen molar-refractivity contribution in [1.82, 2.24) is 15.1 Å². The van der Waals surface area contributed by atoms with Crippen LogP contribution in [0, 0.1) is 5.92 Å². The Morgan fingerprint density at radius 3 is 2.22 bits per heavy atom. The predicted molar refractivity (Wildman–Crippen MR) is 78.8 cm³/mol. The lowest BCUT2D eigenvalue weighted by molar-refractivity contribution is -0.133. The predicted octanol–water partition coefficient (Wildman–Crippen LogP) is 0.994. The normalized spacial score (nSPS) is 21.9. The number of likely N-dealkylation sites (tertiary alicyclic amines) is 1. The Labute approximate surface area is 122 Å². The number of hydrogen-bond donors (Lipinski definition) is 1. The number of carbonyl (C=O) groups is 1. The van der Waals surface area contributed by atoms with E-state index in [1.165, 1.54) is 12.8 Å². The van der Waals surface area contributed by atoms with Crippen molar-refractivity contribution in [3.05, 3.63) is 0 Å². The van der Waals surface area contributed by atoms with Gasteiger partial charge in [0.1, 0.15) is 0 Å². The molecule has 18 heavy (non-hydrogen) atoms. The van der Waals surface area contributed by atoms with Crippen molar-refractivity contribution in [2.75, 3.05) is 45.8 Å². The molecule has 108 valence electrons. The Hall–Kier alpha value is -0.0300. The highest BCUT2D eigenvalue weighted by Crippen LogP contribution is 2.16. The lowest BCUT2D eigenvalue weighted by Gasteiger charge is -2.33. The van der Waals surface area contributed by atoms with Crippen molar-refractivity contribution in [1.29, 1.82) is 0 Å². The molecule has 4 nitrogen and oxygen atoms in total. The van der Waals surface area contributed by atoms with E-state index in [9.17, 15) is 4.79 Å². The van der Waals surface area contributed by atoms with Crippen LogP contribution in [0.15, 0.2) is 0 Å². The van der Waals surface area contributed by atoms with Gasteiger partial charge < -0.3 is 10.2 Å². The van der Waals surface area contributed by atoms with Gasteiger partial charge in [0.25, 0.3) is 0 Å². The van der Waals surface area contributed by atoms with Gasteiger partial charge in [-0.1, -0.05) is 6.92 Å². The fourth-order valence-electron chi connectivity index (χ4n) is 2.42. The minimum Gasteiger partial charge on any atom is -0.342 e. The van der Waals surface area contributed by atoms with Crippen LogP contribution in [-0.4, -0.2) is 61.5 Å². The molecule has 2 rings (SSSR count). The summed E-state index contributed by atoms with van der Waals surface area (Å²) in [6.45, 7) is 8.88. The Morgan fingerprint density at radius 1 is 1.11 bits per heavy atom. The van der Waals surface area contributed by atoms with Crippen LogP contribution in [0.4, 0.5) is 0 Å². The van der Waals surface area contributed by atoms with Gasteiger partial charge in [-0.3, -0.25) is 9.69 Å². The van der Waals surface area contributed by atoms with E-state index < -0.39 is 0 Å². The molecule has 0 aromatic carbocycles. The Balaban J connectivity index is 0.00000144. The number of nitrogens with one attached hydrogen (secondary N) is 1. The van der Waals surface area contributed by atoms with E-state index in [-0.39, 0.29) is 24.8 Å². The van der Waals surface area contributed by atoms with Crippen molar-refractivity contribution in [2.45, 2.75) is 19.8 Å². The second-order valence-corrected chi connectivity index (χ2v) is 5.09. The van der Waals surface area contributed by atoms with E-state index in [0.717, 1.165) is 45.2 Å². The van der Waals surface area contributed by atoms with E-state index in [0.29, 0.717) is 12.5 Å². The second kappa shape index (κ2) is 8.97. The number of carbonyl (C=O) groups excluding carboxylic acids is 1. The first-order chi connectivity index (χ1) is 7.75. The summed E-state index contributed by atoms with van der Waals surface area (Å²) in [5.74, 6) is 1.12. The molecular formula is C12H25Cl2N3O. The molecule has 6 heteroatoms. The molecule has 2 heterocycles. The third-order valence-corrected chi connectivity index (χ3v) is 3.70. The van der Waals surface area contributed by atoms with Crippen LogP contribution in [0.3, 0.4) is 0 Å². The zero-order valence-electron chi connectivity index (χ0n) is 11.1. The largest absolute Gasteiger partial charge is 0.342 e. The average molecular weight is 298 g/mol. The van der Waals surface area contributed by atoms with Crippen molar-refractivity contribution < 1.29 is 4.79 Å².